The zero-order valence-corrected chi connectivity index (χ0v) is 14.3. The first-order chi connectivity index (χ1) is 10.2. The summed E-state index contributed by atoms with van der Waals surface area (Å²) in [7, 11) is 0. The Morgan fingerprint density at radius 1 is 1.27 bits per heavy atom. The molecule has 1 fully saturated rings. The van der Waals surface area contributed by atoms with Crippen molar-refractivity contribution in [3.05, 3.63) is 47.6 Å². The SMILES string of the molecule is CC(SCc1ccccc1)c1nc(C2(N)CCCC2)no1.Cl. The Balaban J connectivity index is 0.00000176. The van der Waals surface area contributed by atoms with E-state index in [4.69, 9.17) is 10.3 Å². The summed E-state index contributed by atoms with van der Waals surface area (Å²) in [6.07, 6.45) is 4.21. The van der Waals surface area contributed by atoms with Gasteiger partial charge in [0.2, 0.25) is 5.89 Å². The molecule has 4 nitrogen and oxygen atoms in total. The lowest BCUT2D eigenvalue weighted by Gasteiger charge is -2.17. The molecule has 6 heteroatoms. The van der Waals surface area contributed by atoms with E-state index in [9.17, 15) is 0 Å². The van der Waals surface area contributed by atoms with Crippen LogP contribution in [0.4, 0.5) is 0 Å². The maximum atomic E-state index is 6.37. The van der Waals surface area contributed by atoms with E-state index in [-0.39, 0.29) is 23.2 Å². The Hall–Kier alpha value is -1.04. The fourth-order valence-corrected chi connectivity index (χ4v) is 3.57. The minimum atomic E-state index is -0.369. The zero-order valence-electron chi connectivity index (χ0n) is 12.7. The molecule has 1 aliphatic carbocycles. The molecule has 1 aromatic carbocycles. The van der Waals surface area contributed by atoms with Gasteiger partial charge >= 0.3 is 0 Å². The average molecular weight is 340 g/mol. The van der Waals surface area contributed by atoms with E-state index in [0.29, 0.717) is 11.7 Å². The van der Waals surface area contributed by atoms with Gasteiger partial charge in [0.15, 0.2) is 5.82 Å². The van der Waals surface area contributed by atoms with E-state index in [1.54, 1.807) is 11.8 Å². The monoisotopic (exact) mass is 339 g/mol. The molecule has 0 saturated heterocycles. The largest absolute Gasteiger partial charge is 0.338 e. The van der Waals surface area contributed by atoms with Crippen LogP contribution in [0.15, 0.2) is 34.9 Å². The summed E-state index contributed by atoms with van der Waals surface area (Å²) in [6.45, 7) is 2.10. The third-order valence-corrected chi connectivity index (χ3v) is 5.28. The molecule has 0 amide bonds. The average Bonchev–Trinajstić information content (AvgIpc) is 3.16. The van der Waals surface area contributed by atoms with Gasteiger partial charge < -0.3 is 10.3 Å². The molecule has 0 aliphatic heterocycles. The molecule has 2 N–H and O–H groups in total. The standard InChI is InChI=1S/C16H21N3OS.ClH/c1-12(21-11-13-7-3-2-4-8-13)14-18-15(19-20-14)16(17)9-5-6-10-16;/h2-4,7-8,12H,5-6,9-11,17H2,1H3;1H. The van der Waals surface area contributed by atoms with Gasteiger partial charge in [-0.25, -0.2) is 0 Å². The summed E-state index contributed by atoms with van der Waals surface area (Å²) in [4.78, 5) is 4.55. The van der Waals surface area contributed by atoms with Crippen LogP contribution in [-0.2, 0) is 11.3 Å². The van der Waals surface area contributed by atoms with Crippen LogP contribution in [0.1, 0.15) is 55.1 Å². The molecule has 1 atom stereocenters. The highest BCUT2D eigenvalue weighted by Crippen LogP contribution is 2.36. The van der Waals surface area contributed by atoms with Crippen LogP contribution in [0.3, 0.4) is 0 Å². The highest BCUT2D eigenvalue weighted by molar-refractivity contribution is 7.98. The third kappa shape index (κ3) is 3.83. The number of thioether (sulfide) groups is 1. The van der Waals surface area contributed by atoms with E-state index >= 15 is 0 Å². The molecule has 2 aromatic rings. The second-order valence-electron chi connectivity index (χ2n) is 5.76. The summed E-state index contributed by atoms with van der Waals surface area (Å²) in [5.41, 5.74) is 7.30. The topological polar surface area (TPSA) is 64.9 Å². The van der Waals surface area contributed by atoms with E-state index in [1.165, 1.54) is 5.56 Å². The first-order valence-corrected chi connectivity index (χ1v) is 8.51. The Bertz CT molecular complexity index is 584. The van der Waals surface area contributed by atoms with Crippen molar-refractivity contribution in [1.29, 1.82) is 0 Å². The lowest BCUT2D eigenvalue weighted by molar-refractivity contribution is 0.349. The van der Waals surface area contributed by atoms with Gasteiger partial charge in [0.1, 0.15) is 0 Å². The minimum absolute atomic E-state index is 0. The Kier molecular flexibility index (Phi) is 5.89. The summed E-state index contributed by atoms with van der Waals surface area (Å²) >= 11 is 1.80. The molecular weight excluding hydrogens is 318 g/mol. The van der Waals surface area contributed by atoms with Crippen LogP contribution in [0, 0.1) is 0 Å². The minimum Gasteiger partial charge on any atom is -0.338 e. The maximum absolute atomic E-state index is 6.37. The summed E-state index contributed by atoms with van der Waals surface area (Å²) in [5.74, 6) is 2.30. The van der Waals surface area contributed by atoms with Gasteiger partial charge in [0, 0.05) is 5.75 Å². The van der Waals surface area contributed by atoms with Gasteiger partial charge in [-0.15, -0.1) is 24.2 Å². The number of nitrogens with zero attached hydrogens (tertiary/aromatic N) is 2. The third-order valence-electron chi connectivity index (χ3n) is 4.07. The highest BCUT2D eigenvalue weighted by atomic mass is 35.5. The molecular formula is C16H22ClN3OS. The lowest BCUT2D eigenvalue weighted by atomic mass is 9.99. The van der Waals surface area contributed by atoms with Crippen molar-refractivity contribution >= 4 is 24.2 Å². The van der Waals surface area contributed by atoms with E-state index in [1.807, 2.05) is 6.07 Å². The van der Waals surface area contributed by atoms with Gasteiger partial charge in [0.05, 0.1) is 10.8 Å². The van der Waals surface area contributed by atoms with E-state index in [2.05, 4.69) is 41.3 Å². The van der Waals surface area contributed by atoms with Crippen molar-refractivity contribution < 1.29 is 4.52 Å². The van der Waals surface area contributed by atoms with Crippen LogP contribution in [0.2, 0.25) is 0 Å². The number of nitrogens with two attached hydrogens (primary N) is 1. The number of aromatic nitrogens is 2. The van der Waals surface area contributed by atoms with Crippen molar-refractivity contribution in [3.8, 4) is 0 Å². The number of halogens is 1. The molecule has 3 rings (SSSR count). The van der Waals surface area contributed by atoms with E-state index < -0.39 is 0 Å². The van der Waals surface area contributed by atoms with Gasteiger partial charge in [-0.2, -0.15) is 4.98 Å². The number of rotatable bonds is 5. The lowest BCUT2D eigenvalue weighted by Crippen LogP contribution is -2.34. The van der Waals surface area contributed by atoms with Crippen LogP contribution in [0.5, 0.6) is 0 Å². The van der Waals surface area contributed by atoms with Crippen molar-refractivity contribution in [2.24, 2.45) is 5.73 Å². The Morgan fingerprint density at radius 2 is 1.95 bits per heavy atom. The predicted octanol–water partition coefficient (Wildman–Crippen LogP) is 4.21. The number of hydrogen-bond acceptors (Lipinski definition) is 5. The molecule has 1 unspecified atom stereocenters. The molecule has 1 aromatic heterocycles. The van der Waals surface area contributed by atoms with E-state index in [0.717, 1.165) is 31.4 Å². The van der Waals surface area contributed by atoms with Crippen LogP contribution >= 0.6 is 24.2 Å². The van der Waals surface area contributed by atoms with Gasteiger partial charge in [0.25, 0.3) is 0 Å². The highest BCUT2D eigenvalue weighted by Gasteiger charge is 2.36. The van der Waals surface area contributed by atoms with Crippen LogP contribution in [-0.4, -0.2) is 10.1 Å². The molecule has 1 saturated carbocycles. The zero-order chi connectivity index (χ0) is 14.7. The van der Waals surface area contributed by atoms with Gasteiger partial charge in [-0.1, -0.05) is 48.3 Å². The second-order valence-corrected chi connectivity index (χ2v) is 7.09. The fourth-order valence-electron chi connectivity index (χ4n) is 2.70. The molecule has 0 bridgehead atoms. The van der Waals surface area contributed by atoms with Gasteiger partial charge in [-0.05, 0) is 25.3 Å². The first kappa shape index (κ1) is 17.3. The molecule has 1 heterocycles. The summed E-state index contributed by atoms with van der Waals surface area (Å²) in [6, 6.07) is 10.4. The fraction of sp³-hybridized carbons (Fsp3) is 0.500. The van der Waals surface area contributed by atoms with Crippen molar-refractivity contribution in [3.63, 3.8) is 0 Å². The smallest absolute Gasteiger partial charge is 0.239 e. The quantitative estimate of drug-likeness (QED) is 0.883. The Morgan fingerprint density at radius 3 is 2.64 bits per heavy atom. The van der Waals surface area contributed by atoms with Crippen LogP contribution in [0.25, 0.3) is 0 Å². The second kappa shape index (κ2) is 7.49. The van der Waals surface area contributed by atoms with Crippen molar-refractivity contribution in [1.82, 2.24) is 10.1 Å². The summed E-state index contributed by atoms with van der Waals surface area (Å²) in [5, 5.41) is 4.30. The van der Waals surface area contributed by atoms with Crippen LogP contribution < -0.4 is 5.73 Å². The normalized spacial score (nSPS) is 17.9. The Labute approximate surface area is 141 Å². The number of benzene rings is 1. The molecule has 0 radical (unpaired) electrons. The van der Waals surface area contributed by atoms with Gasteiger partial charge in [-0.3, -0.25) is 0 Å². The molecule has 22 heavy (non-hydrogen) atoms. The number of hydrogen-bond donors (Lipinski definition) is 1. The van der Waals surface area contributed by atoms with Crippen molar-refractivity contribution in [2.45, 2.75) is 49.1 Å². The van der Waals surface area contributed by atoms with Crippen molar-refractivity contribution in [2.75, 3.05) is 0 Å². The molecule has 0 spiro atoms. The first-order valence-electron chi connectivity index (χ1n) is 7.46. The molecule has 1 aliphatic rings. The predicted molar refractivity (Wildman–Crippen MR) is 92.0 cm³/mol. The molecule has 120 valence electrons. The summed E-state index contributed by atoms with van der Waals surface area (Å²) < 4.78 is 5.43. The maximum Gasteiger partial charge on any atom is 0.239 e.